The highest BCUT2D eigenvalue weighted by Gasteiger charge is 2.50. The van der Waals surface area contributed by atoms with Gasteiger partial charge >= 0.3 is 5.97 Å². The summed E-state index contributed by atoms with van der Waals surface area (Å²) in [6.45, 7) is 6.16. The highest BCUT2D eigenvalue weighted by Crippen LogP contribution is 2.29. The van der Waals surface area contributed by atoms with E-state index in [-0.39, 0.29) is 19.3 Å². The zero-order valence-corrected chi connectivity index (χ0v) is 13.5. The lowest BCUT2D eigenvalue weighted by molar-refractivity contribution is -0.158. The maximum atomic E-state index is 12.5. The molecule has 0 aliphatic carbocycles. The summed E-state index contributed by atoms with van der Waals surface area (Å²) in [7, 11) is 0. The van der Waals surface area contributed by atoms with Crippen LogP contribution in [-0.4, -0.2) is 29.9 Å². The van der Waals surface area contributed by atoms with Crippen molar-refractivity contribution in [3.05, 3.63) is 0 Å². The average Bonchev–Trinajstić information content (AvgIpc) is 2.40. The van der Waals surface area contributed by atoms with E-state index in [0.717, 1.165) is 0 Å². The fourth-order valence-corrected chi connectivity index (χ4v) is 2.24. The van der Waals surface area contributed by atoms with Gasteiger partial charge in [-0.3, -0.25) is 19.2 Å². The van der Waals surface area contributed by atoms with Crippen LogP contribution in [0.1, 0.15) is 66.2 Å². The van der Waals surface area contributed by atoms with Crippen molar-refractivity contribution in [2.24, 2.45) is 5.41 Å². The molecule has 0 heterocycles. The van der Waals surface area contributed by atoms with Crippen LogP contribution in [0.4, 0.5) is 0 Å². The molecule has 0 N–H and O–H groups in total. The molecule has 120 valence electrons. The van der Waals surface area contributed by atoms with Crippen LogP contribution >= 0.6 is 0 Å². The topological polar surface area (TPSA) is 77.5 Å². The first-order valence-electron chi connectivity index (χ1n) is 7.59. The quantitative estimate of drug-likeness (QED) is 0.433. The number of rotatable bonds is 11. The molecule has 21 heavy (non-hydrogen) atoms. The van der Waals surface area contributed by atoms with Gasteiger partial charge in [-0.05, 0) is 19.3 Å². The van der Waals surface area contributed by atoms with Crippen LogP contribution in [0.2, 0.25) is 0 Å². The lowest BCUT2D eigenvalue weighted by Gasteiger charge is -2.29. The predicted molar refractivity (Wildman–Crippen MR) is 78.8 cm³/mol. The van der Waals surface area contributed by atoms with Gasteiger partial charge in [0, 0.05) is 26.2 Å². The van der Waals surface area contributed by atoms with Crippen molar-refractivity contribution in [3.8, 4) is 0 Å². The lowest BCUT2D eigenvalue weighted by atomic mass is 9.72. The van der Waals surface area contributed by atoms with Gasteiger partial charge in [0.05, 0.1) is 0 Å². The fraction of sp³-hybridized carbons (Fsp3) is 0.750. The number of carbonyl (C=O) groups is 4. The molecule has 0 bridgehead atoms. The van der Waals surface area contributed by atoms with Crippen molar-refractivity contribution in [1.82, 2.24) is 0 Å². The summed E-state index contributed by atoms with van der Waals surface area (Å²) in [5.74, 6) is -1.88. The van der Waals surface area contributed by atoms with Crippen LogP contribution < -0.4 is 0 Å². The van der Waals surface area contributed by atoms with Crippen molar-refractivity contribution in [3.63, 3.8) is 0 Å². The highest BCUT2D eigenvalue weighted by molar-refractivity contribution is 6.24. The molecule has 0 aromatic carbocycles. The smallest absolute Gasteiger partial charge is 0.302 e. The van der Waals surface area contributed by atoms with Gasteiger partial charge in [-0.1, -0.05) is 20.8 Å². The van der Waals surface area contributed by atoms with Crippen LogP contribution in [-0.2, 0) is 23.9 Å². The summed E-state index contributed by atoms with van der Waals surface area (Å²) in [5.41, 5.74) is -1.80. The van der Waals surface area contributed by atoms with E-state index in [4.69, 9.17) is 4.74 Å². The molecule has 5 nitrogen and oxygen atoms in total. The molecule has 0 saturated heterocycles. The minimum atomic E-state index is -1.80. The van der Waals surface area contributed by atoms with E-state index in [1.54, 1.807) is 0 Å². The maximum Gasteiger partial charge on any atom is 0.302 e. The van der Waals surface area contributed by atoms with Gasteiger partial charge in [-0.15, -0.1) is 0 Å². The molecule has 0 fully saturated rings. The molecule has 0 spiro atoms. The zero-order chi connectivity index (χ0) is 16.5. The Morgan fingerprint density at radius 2 is 1.10 bits per heavy atom. The minimum absolute atomic E-state index is 0.131. The van der Waals surface area contributed by atoms with E-state index in [9.17, 15) is 19.2 Å². The van der Waals surface area contributed by atoms with Crippen molar-refractivity contribution in [1.29, 1.82) is 0 Å². The van der Waals surface area contributed by atoms with Crippen LogP contribution in [0.15, 0.2) is 0 Å². The Hall–Kier alpha value is -1.52. The Labute approximate surface area is 126 Å². The normalized spacial score (nSPS) is 11.0. The van der Waals surface area contributed by atoms with Crippen molar-refractivity contribution in [2.75, 3.05) is 6.61 Å². The molecular weight excluding hydrogens is 272 g/mol. The van der Waals surface area contributed by atoms with Crippen LogP contribution in [0.5, 0.6) is 0 Å². The summed E-state index contributed by atoms with van der Waals surface area (Å²) < 4.78 is 4.91. The third kappa shape index (κ3) is 5.06. The first kappa shape index (κ1) is 19.5. The van der Waals surface area contributed by atoms with E-state index < -0.39 is 35.3 Å². The third-order valence-electron chi connectivity index (χ3n) is 3.35. The Morgan fingerprint density at radius 1 is 0.762 bits per heavy atom. The van der Waals surface area contributed by atoms with Gasteiger partial charge in [0.1, 0.15) is 6.61 Å². The lowest BCUT2D eigenvalue weighted by Crippen LogP contribution is -2.50. The fourth-order valence-electron chi connectivity index (χ4n) is 2.24. The molecule has 0 aliphatic rings. The Balaban J connectivity index is 5.67. The van der Waals surface area contributed by atoms with E-state index in [2.05, 4.69) is 0 Å². The highest BCUT2D eigenvalue weighted by atomic mass is 16.5. The Morgan fingerprint density at radius 3 is 1.33 bits per heavy atom. The predicted octanol–water partition coefficient (Wildman–Crippen LogP) is 2.64. The molecule has 0 radical (unpaired) electrons. The molecule has 0 amide bonds. The number of hydrogen-bond donors (Lipinski definition) is 0. The molecule has 0 rings (SSSR count). The van der Waals surface area contributed by atoms with E-state index in [0.29, 0.717) is 19.3 Å². The summed E-state index contributed by atoms with van der Waals surface area (Å²) in [6, 6.07) is 0. The number of ether oxygens (including phenoxy) is 1. The van der Waals surface area contributed by atoms with E-state index >= 15 is 0 Å². The zero-order valence-electron chi connectivity index (χ0n) is 13.5. The summed E-state index contributed by atoms with van der Waals surface area (Å²) in [6.07, 6.45) is 2.02. The second-order valence-electron chi connectivity index (χ2n) is 5.21. The molecule has 0 atom stereocenters. The Kier molecular flexibility index (Phi) is 8.74. The first-order valence-corrected chi connectivity index (χ1v) is 7.59. The molecular formula is C16H26O5. The van der Waals surface area contributed by atoms with Crippen molar-refractivity contribution < 1.29 is 23.9 Å². The van der Waals surface area contributed by atoms with Gasteiger partial charge in [0.15, 0.2) is 22.8 Å². The number of Topliss-reactive ketones (excluding diaryl/α,β-unsaturated/α-hetero) is 3. The van der Waals surface area contributed by atoms with Gasteiger partial charge in [-0.25, -0.2) is 0 Å². The van der Waals surface area contributed by atoms with Gasteiger partial charge in [0.25, 0.3) is 0 Å². The second-order valence-corrected chi connectivity index (χ2v) is 5.21. The molecule has 0 saturated carbocycles. The van der Waals surface area contributed by atoms with Gasteiger partial charge in [-0.2, -0.15) is 0 Å². The van der Waals surface area contributed by atoms with Gasteiger partial charge in [0.2, 0.25) is 0 Å². The van der Waals surface area contributed by atoms with E-state index in [1.165, 1.54) is 6.92 Å². The minimum Gasteiger partial charge on any atom is -0.464 e. The first-order chi connectivity index (χ1) is 9.86. The third-order valence-corrected chi connectivity index (χ3v) is 3.35. The standard InChI is InChI=1S/C16H26O5/c1-5-8-13(18)16(11-21-12(4)17,14(19)9-6-2)15(20)10-7-3/h5-11H2,1-4H3. The molecule has 5 heteroatoms. The maximum absolute atomic E-state index is 12.5. The number of carbonyl (C=O) groups excluding carboxylic acids is 4. The average molecular weight is 298 g/mol. The molecule has 0 aromatic rings. The number of ketones is 3. The van der Waals surface area contributed by atoms with Crippen molar-refractivity contribution >= 4 is 23.3 Å². The largest absolute Gasteiger partial charge is 0.464 e. The van der Waals surface area contributed by atoms with Crippen molar-refractivity contribution in [2.45, 2.75) is 66.2 Å². The summed E-state index contributed by atoms with van der Waals surface area (Å²) in [5, 5.41) is 0. The van der Waals surface area contributed by atoms with Crippen LogP contribution in [0.3, 0.4) is 0 Å². The SMILES string of the molecule is CCCC(=O)C(COC(C)=O)(C(=O)CCC)C(=O)CCC. The van der Waals surface area contributed by atoms with Crippen LogP contribution in [0, 0.1) is 5.41 Å². The Bertz CT molecular complexity index is 352. The van der Waals surface area contributed by atoms with Gasteiger partial charge < -0.3 is 4.74 Å². The number of hydrogen-bond acceptors (Lipinski definition) is 5. The summed E-state index contributed by atoms with van der Waals surface area (Å²) in [4.78, 5) is 48.5. The number of esters is 1. The van der Waals surface area contributed by atoms with Crippen LogP contribution in [0.25, 0.3) is 0 Å². The molecule has 0 aromatic heterocycles. The molecule has 0 aliphatic heterocycles. The second kappa shape index (κ2) is 9.42. The van der Waals surface area contributed by atoms with E-state index in [1.807, 2.05) is 20.8 Å². The summed E-state index contributed by atoms with van der Waals surface area (Å²) >= 11 is 0. The monoisotopic (exact) mass is 298 g/mol. The molecule has 0 unspecified atom stereocenters.